The van der Waals surface area contributed by atoms with Gasteiger partial charge in [-0.25, -0.2) is 0 Å². The molecule has 0 heterocycles. The first-order valence-electron chi connectivity index (χ1n) is 11.4. The van der Waals surface area contributed by atoms with Crippen molar-refractivity contribution in [2.24, 2.45) is 0 Å². The van der Waals surface area contributed by atoms with Crippen LogP contribution in [0.5, 0.6) is 0 Å². The summed E-state index contributed by atoms with van der Waals surface area (Å²) in [5, 5.41) is 4.62. The molecule has 0 aliphatic heterocycles. The second-order valence-electron chi connectivity index (χ2n) is 8.71. The molecule has 0 fully saturated rings. The highest BCUT2D eigenvalue weighted by atomic mass is 35.5. The first kappa shape index (κ1) is 22.9. The van der Waals surface area contributed by atoms with Crippen LogP contribution in [0.25, 0.3) is 0 Å². The van der Waals surface area contributed by atoms with Crippen LogP contribution in [0.2, 0.25) is 10.0 Å². The Morgan fingerprint density at radius 1 is 0.938 bits per heavy atom. The highest BCUT2D eigenvalue weighted by Crippen LogP contribution is 2.36. The lowest BCUT2D eigenvalue weighted by Crippen LogP contribution is -2.29. The molecular formula is C28H29Cl2NO. The van der Waals surface area contributed by atoms with Gasteiger partial charge < -0.3 is 5.32 Å². The zero-order valence-corrected chi connectivity index (χ0v) is 19.7. The van der Waals surface area contributed by atoms with Gasteiger partial charge in [-0.2, -0.15) is 0 Å². The molecule has 1 aliphatic rings. The van der Waals surface area contributed by atoms with E-state index in [0.717, 1.165) is 29.3 Å². The summed E-state index contributed by atoms with van der Waals surface area (Å²) < 4.78 is 0. The van der Waals surface area contributed by atoms with Crippen LogP contribution in [0.1, 0.15) is 59.8 Å². The Hall–Kier alpha value is -2.29. The van der Waals surface area contributed by atoms with E-state index in [1.165, 1.54) is 35.1 Å². The summed E-state index contributed by atoms with van der Waals surface area (Å²) in [5.74, 6) is 0.913. The van der Waals surface area contributed by atoms with E-state index in [1.807, 2.05) is 48.5 Å². The molecule has 3 aromatic rings. The van der Waals surface area contributed by atoms with Crippen molar-refractivity contribution in [1.82, 2.24) is 5.32 Å². The van der Waals surface area contributed by atoms with Crippen molar-refractivity contribution in [2.45, 2.75) is 50.4 Å². The van der Waals surface area contributed by atoms with E-state index in [1.54, 1.807) is 0 Å². The number of fused-ring (bicyclic) bond motifs is 1. The minimum absolute atomic E-state index is 0.131. The molecule has 2 atom stereocenters. The Kier molecular flexibility index (Phi) is 7.89. The fourth-order valence-corrected chi connectivity index (χ4v) is 4.98. The molecule has 4 rings (SSSR count). The zero-order chi connectivity index (χ0) is 22.3. The molecule has 4 heteroatoms. The average Bonchev–Trinajstić information content (AvgIpc) is 3.22. The van der Waals surface area contributed by atoms with Gasteiger partial charge in [-0.3, -0.25) is 4.79 Å². The second-order valence-corrected chi connectivity index (χ2v) is 9.58. The van der Waals surface area contributed by atoms with Crippen molar-refractivity contribution in [1.29, 1.82) is 0 Å². The number of aryl methyl sites for hydroxylation is 1. The molecule has 2 nitrogen and oxygen atoms in total. The van der Waals surface area contributed by atoms with Gasteiger partial charge in [0.1, 0.15) is 0 Å². The van der Waals surface area contributed by atoms with Crippen LogP contribution in [0, 0.1) is 0 Å². The standard InChI is InChI=1S/C28H29Cl2NO/c29-25-14-8-20(9-15-25)18-24(21-12-16-26(30)17-13-21)19-31-28(32)7-3-5-23-11-10-22-4-1-2-6-27(22)23/h1-2,4,6,8-9,12-17,23-24H,3,5,7,10-11,18-19H2,(H,31,32)/t23?,24-/m0/s1. The number of carbonyl (C=O) groups is 1. The maximum absolute atomic E-state index is 12.6. The van der Waals surface area contributed by atoms with E-state index < -0.39 is 0 Å². The summed E-state index contributed by atoms with van der Waals surface area (Å²) in [7, 11) is 0. The predicted octanol–water partition coefficient (Wildman–Crippen LogP) is 7.34. The Morgan fingerprint density at radius 3 is 2.38 bits per heavy atom. The van der Waals surface area contributed by atoms with Gasteiger partial charge in [0.2, 0.25) is 5.91 Å². The van der Waals surface area contributed by atoms with Gasteiger partial charge in [-0.05, 0) is 84.5 Å². The van der Waals surface area contributed by atoms with Crippen molar-refractivity contribution in [3.63, 3.8) is 0 Å². The quantitative estimate of drug-likeness (QED) is 0.351. The molecule has 0 aromatic heterocycles. The monoisotopic (exact) mass is 465 g/mol. The van der Waals surface area contributed by atoms with E-state index >= 15 is 0 Å². The molecule has 1 aliphatic carbocycles. The molecule has 166 valence electrons. The van der Waals surface area contributed by atoms with Crippen LogP contribution in [0.4, 0.5) is 0 Å². The Labute approximate surface area is 201 Å². The van der Waals surface area contributed by atoms with Crippen LogP contribution < -0.4 is 5.32 Å². The third-order valence-corrected chi connectivity index (χ3v) is 7.00. The van der Waals surface area contributed by atoms with Gasteiger partial charge in [0.25, 0.3) is 0 Å². The molecule has 32 heavy (non-hydrogen) atoms. The smallest absolute Gasteiger partial charge is 0.220 e. The van der Waals surface area contributed by atoms with Gasteiger partial charge in [-0.1, -0.05) is 71.7 Å². The van der Waals surface area contributed by atoms with Gasteiger partial charge >= 0.3 is 0 Å². The summed E-state index contributed by atoms with van der Waals surface area (Å²) in [6.45, 7) is 0.607. The molecule has 0 radical (unpaired) electrons. The number of hydrogen-bond acceptors (Lipinski definition) is 1. The first-order chi connectivity index (χ1) is 15.6. The summed E-state index contributed by atoms with van der Waals surface area (Å²) in [4.78, 5) is 12.6. The minimum atomic E-state index is 0.131. The molecule has 0 spiro atoms. The number of amides is 1. The molecule has 1 amide bonds. The fourth-order valence-electron chi connectivity index (χ4n) is 4.73. The van der Waals surface area contributed by atoms with Crippen molar-refractivity contribution in [3.05, 3.63) is 105 Å². The summed E-state index contributed by atoms with van der Waals surface area (Å²) in [6.07, 6.45) is 5.79. The Balaban J connectivity index is 1.30. The topological polar surface area (TPSA) is 29.1 Å². The molecule has 1 unspecified atom stereocenters. The molecule has 0 saturated heterocycles. The molecule has 0 bridgehead atoms. The van der Waals surface area contributed by atoms with Crippen LogP contribution in [0.15, 0.2) is 72.8 Å². The number of nitrogens with one attached hydrogen (secondary N) is 1. The highest BCUT2D eigenvalue weighted by molar-refractivity contribution is 6.30. The van der Waals surface area contributed by atoms with Crippen LogP contribution >= 0.6 is 23.2 Å². The second kappa shape index (κ2) is 11.0. The van der Waals surface area contributed by atoms with E-state index in [-0.39, 0.29) is 11.8 Å². The lowest BCUT2D eigenvalue weighted by Gasteiger charge is -2.19. The summed E-state index contributed by atoms with van der Waals surface area (Å²) in [6, 6.07) is 24.6. The minimum Gasteiger partial charge on any atom is -0.355 e. The number of halogens is 2. The van der Waals surface area contributed by atoms with E-state index in [9.17, 15) is 4.79 Å². The van der Waals surface area contributed by atoms with Crippen molar-refractivity contribution in [2.75, 3.05) is 6.54 Å². The largest absolute Gasteiger partial charge is 0.355 e. The van der Waals surface area contributed by atoms with E-state index in [0.29, 0.717) is 18.9 Å². The number of carbonyl (C=O) groups excluding carboxylic acids is 1. The molecule has 0 saturated carbocycles. The van der Waals surface area contributed by atoms with Gasteiger partial charge in [0.15, 0.2) is 0 Å². The number of rotatable bonds is 9. The number of hydrogen-bond donors (Lipinski definition) is 1. The molecule has 1 N–H and O–H groups in total. The van der Waals surface area contributed by atoms with Crippen molar-refractivity contribution < 1.29 is 4.79 Å². The predicted molar refractivity (Wildman–Crippen MR) is 134 cm³/mol. The maximum Gasteiger partial charge on any atom is 0.220 e. The highest BCUT2D eigenvalue weighted by Gasteiger charge is 2.21. The lowest BCUT2D eigenvalue weighted by molar-refractivity contribution is -0.121. The Bertz CT molecular complexity index is 1030. The lowest BCUT2D eigenvalue weighted by atomic mass is 9.91. The van der Waals surface area contributed by atoms with Crippen LogP contribution in [0.3, 0.4) is 0 Å². The van der Waals surface area contributed by atoms with Crippen molar-refractivity contribution >= 4 is 29.1 Å². The zero-order valence-electron chi connectivity index (χ0n) is 18.2. The Morgan fingerprint density at radius 2 is 1.62 bits per heavy atom. The van der Waals surface area contributed by atoms with Crippen molar-refractivity contribution in [3.8, 4) is 0 Å². The molecular weight excluding hydrogens is 437 g/mol. The molecule has 3 aromatic carbocycles. The number of benzene rings is 3. The third kappa shape index (κ3) is 6.15. The maximum atomic E-state index is 12.6. The van der Waals surface area contributed by atoms with Crippen LogP contribution in [-0.4, -0.2) is 12.5 Å². The SMILES string of the molecule is O=C(CCCC1CCc2ccccc21)NC[C@H](Cc1ccc(Cl)cc1)c1ccc(Cl)cc1. The van der Waals surface area contributed by atoms with Gasteiger partial charge in [0, 0.05) is 28.9 Å². The first-order valence-corrected chi connectivity index (χ1v) is 12.2. The fraction of sp³-hybridized carbons (Fsp3) is 0.321. The van der Waals surface area contributed by atoms with E-state index in [2.05, 4.69) is 29.6 Å². The van der Waals surface area contributed by atoms with E-state index in [4.69, 9.17) is 23.2 Å². The van der Waals surface area contributed by atoms with Gasteiger partial charge in [0.05, 0.1) is 0 Å². The normalized spacial score (nSPS) is 15.9. The van der Waals surface area contributed by atoms with Gasteiger partial charge in [-0.15, -0.1) is 0 Å². The summed E-state index contributed by atoms with van der Waals surface area (Å²) >= 11 is 12.1. The summed E-state index contributed by atoms with van der Waals surface area (Å²) in [5.41, 5.74) is 5.34. The average molecular weight is 466 g/mol. The third-order valence-electron chi connectivity index (χ3n) is 6.50. The van der Waals surface area contributed by atoms with Crippen LogP contribution in [-0.2, 0) is 17.6 Å².